The maximum Gasteiger partial charge on any atom is 0.339 e. The third-order valence-electron chi connectivity index (χ3n) is 1.56. The van der Waals surface area contributed by atoms with E-state index in [1.54, 1.807) is 0 Å². The predicted octanol–water partition coefficient (Wildman–Crippen LogP) is 1.50. The second kappa shape index (κ2) is 3.81. The zero-order chi connectivity index (χ0) is 9.42. The van der Waals surface area contributed by atoms with Crippen LogP contribution in [0.25, 0.3) is 5.65 Å². The number of hydrogen-bond acceptors (Lipinski definition) is 3. The molecule has 7 heteroatoms. The summed E-state index contributed by atoms with van der Waals surface area (Å²) < 4.78 is 1.33. The summed E-state index contributed by atoms with van der Waals surface area (Å²) in [7, 11) is 0. The van der Waals surface area contributed by atoms with Gasteiger partial charge in [-0.15, -0.1) is 12.4 Å². The van der Waals surface area contributed by atoms with Crippen molar-refractivity contribution in [2.75, 3.05) is 0 Å². The molecular weight excluding hydrogens is 229 g/mol. The molecule has 0 amide bonds. The number of rotatable bonds is 1. The summed E-state index contributed by atoms with van der Waals surface area (Å²) in [6.07, 6.45) is 3.00. The number of halogens is 2. The third-order valence-corrected chi connectivity index (χ3v) is 1.74. The first-order valence-electron chi connectivity index (χ1n) is 3.41. The lowest BCUT2D eigenvalue weighted by molar-refractivity contribution is 0.0698. The van der Waals surface area contributed by atoms with E-state index in [4.69, 9.17) is 16.7 Å². The highest BCUT2D eigenvalue weighted by Gasteiger charge is 2.11. The summed E-state index contributed by atoms with van der Waals surface area (Å²) in [6, 6.07) is 1.27. The normalized spacial score (nSPS) is 9.79. The van der Waals surface area contributed by atoms with Crippen molar-refractivity contribution >= 4 is 35.6 Å². The zero-order valence-corrected chi connectivity index (χ0v) is 8.29. The Labute approximate surface area is 89.7 Å². The standard InChI is InChI=1S/C7H4ClN3O2.ClH/c8-5-3-4(7(12)13)6-9-1-2-11(6)10-5;/h1-3H,(H,12,13);1H. The Hall–Kier alpha value is -1.33. The van der Waals surface area contributed by atoms with Gasteiger partial charge in [-0.3, -0.25) is 0 Å². The molecule has 0 atom stereocenters. The van der Waals surface area contributed by atoms with Gasteiger partial charge in [-0.1, -0.05) is 11.6 Å². The van der Waals surface area contributed by atoms with E-state index in [0.717, 1.165) is 0 Å². The summed E-state index contributed by atoms with van der Waals surface area (Å²) in [5, 5.41) is 12.7. The minimum atomic E-state index is -1.07. The second-order valence-electron chi connectivity index (χ2n) is 2.38. The van der Waals surface area contributed by atoms with Crippen molar-refractivity contribution in [3.63, 3.8) is 0 Å². The topological polar surface area (TPSA) is 67.5 Å². The fourth-order valence-corrected chi connectivity index (χ4v) is 1.23. The fourth-order valence-electron chi connectivity index (χ4n) is 1.04. The smallest absolute Gasteiger partial charge is 0.339 e. The van der Waals surface area contributed by atoms with E-state index in [9.17, 15) is 4.79 Å². The number of carboxylic acid groups (broad SMARTS) is 1. The third kappa shape index (κ3) is 1.64. The first-order valence-corrected chi connectivity index (χ1v) is 3.79. The molecule has 0 bridgehead atoms. The van der Waals surface area contributed by atoms with Crippen LogP contribution in [-0.4, -0.2) is 25.7 Å². The number of carboxylic acids is 1. The largest absolute Gasteiger partial charge is 0.478 e. The maximum atomic E-state index is 10.7. The van der Waals surface area contributed by atoms with Crippen LogP contribution in [0.4, 0.5) is 0 Å². The average Bonchev–Trinajstić information content (AvgIpc) is 2.49. The van der Waals surface area contributed by atoms with Crippen LogP contribution in [0.2, 0.25) is 5.15 Å². The molecule has 0 aromatic carbocycles. The quantitative estimate of drug-likeness (QED) is 0.811. The molecule has 0 fully saturated rings. The van der Waals surface area contributed by atoms with Crippen LogP contribution < -0.4 is 0 Å². The Balaban J connectivity index is 0.000000980. The van der Waals surface area contributed by atoms with Crippen LogP contribution in [0.1, 0.15) is 10.4 Å². The van der Waals surface area contributed by atoms with Crippen molar-refractivity contribution in [2.24, 2.45) is 0 Å². The van der Waals surface area contributed by atoms with Crippen LogP contribution in [0, 0.1) is 0 Å². The van der Waals surface area contributed by atoms with Crippen molar-refractivity contribution in [1.82, 2.24) is 14.6 Å². The van der Waals surface area contributed by atoms with Crippen molar-refractivity contribution < 1.29 is 9.90 Å². The monoisotopic (exact) mass is 233 g/mol. The van der Waals surface area contributed by atoms with Gasteiger partial charge in [0.2, 0.25) is 0 Å². The Morgan fingerprint density at radius 1 is 1.57 bits per heavy atom. The molecule has 14 heavy (non-hydrogen) atoms. The lowest BCUT2D eigenvalue weighted by atomic mass is 10.3. The van der Waals surface area contributed by atoms with Crippen LogP contribution >= 0.6 is 24.0 Å². The van der Waals surface area contributed by atoms with Gasteiger partial charge in [0.1, 0.15) is 5.56 Å². The molecule has 5 nitrogen and oxygen atoms in total. The van der Waals surface area contributed by atoms with Gasteiger partial charge in [0, 0.05) is 12.4 Å². The second-order valence-corrected chi connectivity index (χ2v) is 2.77. The van der Waals surface area contributed by atoms with E-state index in [1.807, 2.05) is 0 Å². The minimum Gasteiger partial charge on any atom is -0.478 e. The first kappa shape index (κ1) is 10.7. The van der Waals surface area contributed by atoms with Gasteiger partial charge in [0.15, 0.2) is 10.8 Å². The van der Waals surface area contributed by atoms with E-state index in [2.05, 4.69) is 10.1 Å². The Kier molecular flexibility index (Phi) is 2.93. The molecule has 2 heterocycles. The number of aromatic carboxylic acids is 1. The molecule has 2 aromatic rings. The Morgan fingerprint density at radius 3 is 2.93 bits per heavy atom. The molecule has 74 valence electrons. The lowest BCUT2D eigenvalue weighted by Gasteiger charge is -1.97. The van der Waals surface area contributed by atoms with Gasteiger partial charge >= 0.3 is 5.97 Å². The van der Waals surface area contributed by atoms with E-state index in [1.165, 1.54) is 23.0 Å². The van der Waals surface area contributed by atoms with Crippen molar-refractivity contribution in [3.8, 4) is 0 Å². The number of carbonyl (C=O) groups is 1. The zero-order valence-electron chi connectivity index (χ0n) is 6.72. The van der Waals surface area contributed by atoms with E-state index in [0.29, 0.717) is 0 Å². The van der Waals surface area contributed by atoms with E-state index in [-0.39, 0.29) is 28.8 Å². The molecule has 0 aliphatic rings. The molecule has 0 saturated carbocycles. The SMILES string of the molecule is Cl.O=C(O)c1cc(Cl)nn2ccnc12. The summed E-state index contributed by atoms with van der Waals surface area (Å²) in [6.45, 7) is 0. The van der Waals surface area contributed by atoms with Gasteiger partial charge in [-0.05, 0) is 6.07 Å². The minimum absolute atomic E-state index is 0. The van der Waals surface area contributed by atoms with Gasteiger partial charge in [0.25, 0.3) is 0 Å². The van der Waals surface area contributed by atoms with Crippen molar-refractivity contribution in [1.29, 1.82) is 0 Å². The average molecular weight is 234 g/mol. The molecular formula is C7H5Cl2N3O2. The lowest BCUT2D eigenvalue weighted by Crippen LogP contribution is -2.03. The van der Waals surface area contributed by atoms with Gasteiger partial charge < -0.3 is 5.11 Å². The summed E-state index contributed by atoms with van der Waals surface area (Å²) in [5.41, 5.74) is 0.335. The molecule has 0 saturated heterocycles. The van der Waals surface area contributed by atoms with Gasteiger partial charge in [-0.2, -0.15) is 5.10 Å². The molecule has 0 aliphatic carbocycles. The Bertz CT molecular complexity index is 483. The highest BCUT2D eigenvalue weighted by molar-refractivity contribution is 6.29. The van der Waals surface area contributed by atoms with Crippen LogP contribution in [0.3, 0.4) is 0 Å². The van der Waals surface area contributed by atoms with Crippen LogP contribution in [0.5, 0.6) is 0 Å². The van der Waals surface area contributed by atoms with Crippen LogP contribution in [0.15, 0.2) is 18.5 Å². The number of hydrogen-bond donors (Lipinski definition) is 1. The van der Waals surface area contributed by atoms with Gasteiger partial charge in [0.05, 0.1) is 0 Å². The summed E-state index contributed by atoms with van der Waals surface area (Å²) >= 11 is 5.60. The number of imidazole rings is 1. The molecule has 1 N–H and O–H groups in total. The molecule has 0 radical (unpaired) electrons. The predicted molar refractivity (Wildman–Crippen MR) is 52.2 cm³/mol. The molecule has 2 rings (SSSR count). The highest BCUT2D eigenvalue weighted by Crippen LogP contribution is 2.12. The summed E-state index contributed by atoms with van der Waals surface area (Å²) in [5.74, 6) is -1.07. The fraction of sp³-hybridized carbons (Fsp3) is 0. The Morgan fingerprint density at radius 2 is 2.29 bits per heavy atom. The molecule has 0 aliphatic heterocycles. The number of aromatic nitrogens is 3. The van der Waals surface area contributed by atoms with Crippen molar-refractivity contribution in [2.45, 2.75) is 0 Å². The highest BCUT2D eigenvalue weighted by atomic mass is 35.5. The number of nitrogens with zero attached hydrogens (tertiary/aromatic N) is 3. The molecule has 0 unspecified atom stereocenters. The number of fused-ring (bicyclic) bond motifs is 1. The van der Waals surface area contributed by atoms with E-state index < -0.39 is 5.97 Å². The molecule has 0 spiro atoms. The van der Waals surface area contributed by atoms with E-state index >= 15 is 0 Å². The molecule has 2 aromatic heterocycles. The maximum absolute atomic E-state index is 10.7. The van der Waals surface area contributed by atoms with Gasteiger partial charge in [-0.25, -0.2) is 14.3 Å². The van der Waals surface area contributed by atoms with Crippen LogP contribution in [-0.2, 0) is 0 Å². The first-order chi connectivity index (χ1) is 6.18. The summed E-state index contributed by atoms with van der Waals surface area (Å²) in [4.78, 5) is 14.6. The van der Waals surface area contributed by atoms with Crippen molar-refractivity contribution in [3.05, 3.63) is 29.2 Å².